The predicted molar refractivity (Wildman–Crippen MR) is 83.9 cm³/mol. The molecule has 1 aromatic heterocycles. The van der Waals surface area contributed by atoms with Crippen LogP contribution in [0, 0.1) is 11.7 Å². The second kappa shape index (κ2) is 5.64. The van der Waals surface area contributed by atoms with Crippen LogP contribution in [0.25, 0.3) is 11.0 Å². The molecule has 2 nitrogen and oxygen atoms in total. The van der Waals surface area contributed by atoms with Crippen LogP contribution >= 0.6 is 27.5 Å². The van der Waals surface area contributed by atoms with Crippen LogP contribution in [0.4, 0.5) is 4.39 Å². The summed E-state index contributed by atoms with van der Waals surface area (Å²) in [6, 6.07) is 3.67. The number of fused-ring (bicyclic) bond motifs is 1. The molecule has 20 heavy (non-hydrogen) atoms. The lowest BCUT2D eigenvalue weighted by molar-refractivity contribution is 0.473. The van der Waals surface area contributed by atoms with Gasteiger partial charge in [0.25, 0.3) is 0 Å². The highest BCUT2D eigenvalue weighted by Crippen LogP contribution is 2.38. The van der Waals surface area contributed by atoms with Crippen molar-refractivity contribution in [2.45, 2.75) is 38.6 Å². The number of hydrogen-bond donors (Lipinski definition) is 0. The van der Waals surface area contributed by atoms with Crippen LogP contribution in [0.3, 0.4) is 0 Å². The van der Waals surface area contributed by atoms with Crippen molar-refractivity contribution in [2.75, 3.05) is 5.88 Å². The summed E-state index contributed by atoms with van der Waals surface area (Å²) in [5.74, 6) is 2.07. The maximum absolute atomic E-state index is 13.8. The van der Waals surface area contributed by atoms with Gasteiger partial charge in [0.1, 0.15) is 11.6 Å². The molecule has 0 N–H and O–H groups in total. The lowest BCUT2D eigenvalue weighted by Gasteiger charge is -2.17. The van der Waals surface area contributed by atoms with Gasteiger partial charge in [-0.05, 0) is 41.3 Å². The SMILES string of the molecule is CC(CC1CC1)n1c(CCCl)nc2cc(Br)c(F)cc21. The van der Waals surface area contributed by atoms with Crippen molar-refractivity contribution in [1.82, 2.24) is 9.55 Å². The minimum Gasteiger partial charge on any atom is -0.325 e. The van der Waals surface area contributed by atoms with Crippen molar-refractivity contribution in [3.63, 3.8) is 0 Å². The summed E-state index contributed by atoms with van der Waals surface area (Å²) in [6.07, 6.45) is 4.49. The summed E-state index contributed by atoms with van der Waals surface area (Å²) >= 11 is 9.11. The lowest BCUT2D eigenvalue weighted by atomic mass is 10.1. The van der Waals surface area contributed by atoms with Gasteiger partial charge in [0.2, 0.25) is 0 Å². The first-order valence-corrected chi connectivity index (χ1v) is 8.34. The van der Waals surface area contributed by atoms with Gasteiger partial charge < -0.3 is 4.57 Å². The average molecular weight is 360 g/mol. The average Bonchev–Trinajstić information content (AvgIpc) is 3.13. The monoisotopic (exact) mass is 358 g/mol. The molecular formula is C15H17BrClFN2. The Morgan fingerprint density at radius 2 is 2.25 bits per heavy atom. The molecule has 0 spiro atoms. The number of aromatic nitrogens is 2. The smallest absolute Gasteiger partial charge is 0.139 e. The van der Waals surface area contributed by atoms with Crippen molar-refractivity contribution in [1.29, 1.82) is 0 Å². The molecule has 0 aliphatic heterocycles. The number of halogens is 3. The Bertz CT molecular complexity index is 636. The van der Waals surface area contributed by atoms with E-state index in [1.54, 1.807) is 12.1 Å². The second-order valence-corrected chi connectivity index (χ2v) is 6.85. The van der Waals surface area contributed by atoms with Crippen LogP contribution in [0.2, 0.25) is 0 Å². The van der Waals surface area contributed by atoms with E-state index in [1.807, 2.05) is 0 Å². The Kier molecular flexibility index (Phi) is 4.04. The molecule has 0 saturated heterocycles. The predicted octanol–water partition coefficient (Wildman–Crippen LogP) is 5.08. The number of benzene rings is 1. The van der Waals surface area contributed by atoms with E-state index >= 15 is 0 Å². The van der Waals surface area contributed by atoms with Gasteiger partial charge in [-0.2, -0.15) is 0 Å². The fourth-order valence-electron chi connectivity index (χ4n) is 2.83. The topological polar surface area (TPSA) is 17.8 Å². The van der Waals surface area contributed by atoms with E-state index in [0.29, 0.717) is 22.8 Å². The van der Waals surface area contributed by atoms with Crippen molar-refractivity contribution in [3.05, 3.63) is 28.2 Å². The number of aryl methyl sites for hydroxylation is 1. The summed E-state index contributed by atoms with van der Waals surface area (Å²) < 4.78 is 16.5. The molecule has 1 atom stereocenters. The summed E-state index contributed by atoms with van der Waals surface area (Å²) in [5.41, 5.74) is 1.71. The second-order valence-electron chi connectivity index (χ2n) is 5.62. The summed E-state index contributed by atoms with van der Waals surface area (Å²) in [4.78, 5) is 4.63. The van der Waals surface area contributed by atoms with Gasteiger partial charge in [-0.25, -0.2) is 9.37 Å². The molecule has 1 heterocycles. The van der Waals surface area contributed by atoms with Gasteiger partial charge in [-0.1, -0.05) is 12.8 Å². The van der Waals surface area contributed by atoms with Gasteiger partial charge >= 0.3 is 0 Å². The first-order chi connectivity index (χ1) is 9.60. The van der Waals surface area contributed by atoms with E-state index in [-0.39, 0.29) is 5.82 Å². The Morgan fingerprint density at radius 1 is 1.50 bits per heavy atom. The minimum absolute atomic E-state index is 0.241. The molecule has 1 aliphatic carbocycles. The first-order valence-electron chi connectivity index (χ1n) is 7.02. The standard InChI is InChI=1S/C15H17BrClFN2/c1-9(6-10-2-3-10)20-14-8-12(18)11(16)7-13(14)19-15(20)4-5-17/h7-10H,2-6H2,1H3. The lowest BCUT2D eigenvalue weighted by Crippen LogP contribution is -2.10. The third-order valence-electron chi connectivity index (χ3n) is 3.93. The molecule has 1 aromatic carbocycles. The van der Waals surface area contributed by atoms with Crippen molar-refractivity contribution < 1.29 is 4.39 Å². The molecule has 1 aliphatic rings. The Balaban J connectivity index is 2.08. The van der Waals surface area contributed by atoms with Crippen LogP contribution in [-0.4, -0.2) is 15.4 Å². The fraction of sp³-hybridized carbons (Fsp3) is 0.533. The molecule has 1 saturated carbocycles. The molecule has 1 fully saturated rings. The third kappa shape index (κ3) is 2.73. The Hall–Kier alpha value is -0.610. The quantitative estimate of drug-likeness (QED) is 0.681. The van der Waals surface area contributed by atoms with Crippen LogP contribution in [0.1, 0.15) is 38.1 Å². The molecule has 0 radical (unpaired) electrons. The third-order valence-corrected chi connectivity index (χ3v) is 4.73. The highest BCUT2D eigenvalue weighted by molar-refractivity contribution is 9.10. The molecule has 0 bridgehead atoms. The zero-order valence-electron chi connectivity index (χ0n) is 11.4. The molecule has 3 rings (SSSR count). The molecule has 2 aromatic rings. The maximum atomic E-state index is 13.8. The van der Waals surface area contributed by atoms with Crippen LogP contribution in [0.15, 0.2) is 16.6 Å². The zero-order chi connectivity index (χ0) is 14.3. The van der Waals surface area contributed by atoms with E-state index < -0.39 is 0 Å². The minimum atomic E-state index is -0.241. The summed E-state index contributed by atoms with van der Waals surface area (Å²) in [6.45, 7) is 2.19. The van der Waals surface area contributed by atoms with E-state index in [4.69, 9.17) is 11.6 Å². The Morgan fingerprint density at radius 3 is 2.90 bits per heavy atom. The van der Waals surface area contributed by atoms with Gasteiger partial charge in [0.15, 0.2) is 0 Å². The number of hydrogen-bond acceptors (Lipinski definition) is 1. The van der Waals surface area contributed by atoms with E-state index in [0.717, 1.165) is 29.2 Å². The normalized spacial score (nSPS) is 16.8. The van der Waals surface area contributed by atoms with Gasteiger partial charge in [0, 0.05) is 24.4 Å². The summed E-state index contributed by atoms with van der Waals surface area (Å²) in [7, 11) is 0. The van der Waals surface area contributed by atoms with E-state index in [2.05, 4.69) is 32.4 Å². The van der Waals surface area contributed by atoms with Gasteiger partial charge in [0.05, 0.1) is 15.5 Å². The highest BCUT2D eigenvalue weighted by atomic mass is 79.9. The molecule has 0 amide bonds. The van der Waals surface area contributed by atoms with Gasteiger partial charge in [-0.15, -0.1) is 11.6 Å². The number of rotatable bonds is 5. The highest BCUT2D eigenvalue weighted by Gasteiger charge is 2.26. The number of nitrogens with zero attached hydrogens (tertiary/aromatic N) is 2. The van der Waals surface area contributed by atoms with Crippen LogP contribution in [0.5, 0.6) is 0 Å². The Labute approximate surface area is 131 Å². The molecule has 108 valence electrons. The summed E-state index contributed by atoms with van der Waals surface area (Å²) in [5, 5.41) is 0. The molecule has 5 heteroatoms. The van der Waals surface area contributed by atoms with E-state index in [9.17, 15) is 4.39 Å². The van der Waals surface area contributed by atoms with Crippen molar-refractivity contribution in [3.8, 4) is 0 Å². The fourth-order valence-corrected chi connectivity index (χ4v) is 3.33. The van der Waals surface area contributed by atoms with Gasteiger partial charge in [-0.3, -0.25) is 0 Å². The number of alkyl halides is 1. The zero-order valence-corrected chi connectivity index (χ0v) is 13.7. The largest absolute Gasteiger partial charge is 0.325 e. The van der Waals surface area contributed by atoms with Crippen molar-refractivity contribution in [2.24, 2.45) is 5.92 Å². The van der Waals surface area contributed by atoms with E-state index in [1.165, 1.54) is 12.8 Å². The van der Waals surface area contributed by atoms with Crippen LogP contribution in [-0.2, 0) is 6.42 Å². The van der Waals surface area contributed by atoms with Crippen LogP contribution < -0.4 is 0 Å². The first kappa shape index (κ1) is 14.3. The number of imidazole rings is 1. The molecule has 1 unspecified atom stereocenters. The maximum Gasteiger partial charge on any atom is 0.139 e. The molecular weight excluding hydrogens is 343 g/mol. The van der Waals surface area contributed by atoms with Crippen molar-refractivity contribution >= 4 is 38.6 Å².